The number of hydrogen-bond donors (Lipinski definition) is 1. The number of hydrogen-bond acceptors (Lipinski definition) is 4. The maximum absolute atomic E-state index is 12.2. The highest BCUT2D eigenvalue weighted by Crippen LogP contribution is 2.22. The first-order valence-electron chi connectivity index (χ1n) is 6.86. The maximum atomic E-state index is 12.2. The average Bonchev–Trinajstić information content (AvgIpc) is 2.47. The highest BCUT2D eigenvalue weighted by Gasteiger charge is 2.12. The Morgan fingerprint density at radius 2 is 2.05 bits per heavy atom. The number of amidine groups is 1. The number of nitrogens with one attached hydrogen (secondary N) is 1. The van der Waals surface area contributed by atoms with Crippen molar-refractivity contribution in [3.63, 3.8) is 0 Å². The van der Waals surface area contributed by atoms with Gasteiger partial charge < -0.3 is 9.47 Å². The molecule has 0 bridgehead atoms. The summed E-state index contributed by atoms with van der Waals surface area (Å²) < 4.78 is 10.4. The molecule has 0 aliphatic heterocycles. The third kappa shape index (κ3) is 6.64. The number of benzene rings is 1. The molecule has 0 unspecified atom stereocenters. The zero-order chi connectivity index (χ0) is 16.5. The van der Waals surface area contributed by atoms with Crippen molar-refractivity contribution in [2.75, 3.05) is 26.9 Å². The van der Waals surface area contributed by atoms with Crippen LogP contribution in [-0.2, 0) is 9.47 Å². The van der Waals surface area contributed by atoms with Gasteiger partial charge in [0.2, 0.25) is 0 Å². The first-order chi connectivity index (χ1) is 10.4. The van der Waals surface area contributed by atoms with Crippen molar-refractivity contribution in [3.05, 3.63) is 33.8 Å². The number of carbonyl (C=O) groups excluding carboxylic acids is 1. The fraction of sp³-hybridized carbons (Fsp3) is 0.467. The Kier molecular flexibility index (Phi) is 8.24. The lowest BCUT2D eigenvalue weighted by Crippen LogP contribution is -2.33. The van der Waals surface area contributed by atoms with Crippen LogP contribution in [0.1, 0.15) is 24.2 Å². The number of ether oxygens (including phenoxy) is 2. The summed E-state index contributed by atoms with van der Waals surface area (Å²) in [6.45, 7) is 5.30. The van der Waals surface area contributed by atoms with Crippen LogP contribution < -0.4 is 5.32 Å². The van der Waals surface area contributed by atoms with Crippen molar-refractivity contribution in [1.82, 2.24) is 5.32 Å². The molecule has 7 heteroatoms. The molecule has 1 rings (SSSR count). The second-order valence-corrected chi connectivity index (χ2v) is 5.78. The molecule has 122 valence electrons. The van der Waals surface area contributed by atoms with E-state index in [2.05, 4.69) is 10.3 Å². The Morgan fingerprint density at radius 3 is 2.64 bits per heavy atom. The van der Waals surface area contributed by atoms with E-state index in [4.69, 9.17) is 32.7 Å². The largest absolute Gasteiger partial charge is 0.465 e. The standard InChI is InChI=1S/C15H20Cl2N2O3/c1-10(2)9-22-15(18-6-7-21-3)19-14(20)11-4-5-12(16)13(17)8-11/h4-5,8,10H,6-7,9H2,1-3H3,(H,18,19,20). The summed E-state index contributed by atoms with van der Waals surface area (Å²) in [7, 11) is 1.58. The molecule has 5 nitrogen and oxygen atoms in total. The van der Waals surface area contributed by atoms with Crippen molar-refractivity contribution >= 4 is 35.1 Å². The van der Waals surface area contributed by atoms with E-state index in [-0.39, 0.29) is 11.9 Å². The minimum atomic E-state index is -0.363. The van der Waals surface area contributed by atoms with Crippen LogP contribution in [-0.4, -0.2) is 38.8 Å². The molecular weight excluding hydrogens is 327 g/mol. The third-order valence-electron chi connectivity index (χ3n) is 2.51. The summed E-state index contributed by atoms with van der Waals surface area (Å²) in [4.78, 5) is 16.4. The van der Waals surface area contributed by atoms with E-state index >= 15 is 0 Å². The van der Waals surface area contributed by atoms with Gasteiger partial charge >= 0.3 is 0 Å². The molecule has 1 aromatic carbocycles. The Labute approximate surface area is 140 Å². The van der Waals surface area contributed by atoms with Gasteiger partial charge in [-0.3, -0.25) is 10.1 Å². The van der Waals surface area contributed by atoms with E-state index in [0.29, 0.717) is 41.3 Å². The molecule has 0 atom stereocenters. The molecule has 0 saturated heterocycles. The van der Waals surface area contributed by atoms with Gasteiger partial charge in [0.05, 0.1) is 29.8 Å². The normalized spacial score (nSPS) is 11.6. The van der Waals surface area contributed by atoms with Gasteiger partial charge in [-0.05, 0) is 24.1 Å². The van der Waals surface area contributed by atoms with E-state index in [0.717, 1.165) is 0 Å². The summed E-state index contributed by atoms with van der Waals surface area (Å²) in [5.41, 5.74) is 0.377. The number of carbonyl (C=O) groups is 1. The lowest BCUT2D eigenvalue weighted by Gasteiger charge is -2.12. The summed E-state index contributed by atoms with van der Waals surface area (Å²) >= 11 is 11.7. The van der Waals surface area contributed by atoms with Crippen LogP contribution in [0.5, 0.6) is 0 Å². The summed E-state index contributed by atoms with van der Waals surface area (Å²) in [5, 5.41) is 3.33. The van der Waals surface area contributed by atoms with E-state index in [1.54, 1.807) is 19.2 Å². The molecule has 1 aromatic rings. The number of amides is 1. The second-order valence-electron chi connectivity index (χ2n) is 4.97. The van der Waals surface area contributed by atoms with Gasteiger partial charge in [-0.2, -0.15) is 0 Å². The van der Waals surface area contributed by atoms with E-state index < -0.39 is 0 Å². The fourth-order valence-electron chi connectivity index (χ4n) is 1.41. The predicted molar refractivity (Wildman–Crippen MR) is 88.9 cm³/mol. The van der Waals surface area contributed by atoms with Crippen LogP contribution in [0, 0.1) is 5.92 Å². The van der Waals surface area contributed by atoms with Gasteiger partial charge in [-0.1, -0.05) is 37.0 Å². The van der Waals surface area contributed by atoms with Crippen LogP contribution in [0.4, 0.5) is 0 Å². The quantitative estimate of drug-likeness (QED) is 0.487. The summed E-state index contributed by atoms with van der Waals surface area (Å²) in [6, 6.07) is 4.81. The minimum Gasteiger partial charge on any atom is -0.465 e. The predicted octanol–water partition coefficient (Wildman–Crippen LogP) is 3.40. The molecule has 0 radical (unpaired) electrons. The van der Waals surface area contributed by atoms with Crippen molar-refractivity contribution in [1.29, 1.82) is 0 Å². The Morgan fingerprint density at radius 1 is 1.32 bits per heavy atom. The van der Waals surface area contributed by atoms with Crippen molar-refractivity contribution < 1.29 is 14.3 Å². The molecule has 22 heavy (non-hydrogen) atoms. The Balaban J connectivity index is 2.75. The van der Waals surface area contributed by atoms with Gasteiger partial charge in [0.25, 0.3) is 11.9 Å². The van der Waals surface area contributed by atoms with Crippen LogP contribution in [0.15, 0.2) is 23.2 Å². The van der Waals surface area contributed by atoms with Crippen LogP contribution in [0.25, 0.3) is 0 Å². The molecule has 0 saturated carbocycles. The maximum Gasteiger partial charge on any atom is 0.291 e. The van der Waals surface area contributed by atoms with Crippen LogP contribution in [0.3, 0.4) is 0 Å². The highest BCUT2D eigenvalue weighted by molar-refractivity contribution is 6.42. The third-order valence-corrected chi connectivity index (χ3v) is 3.25. The molecule has 0 heterocycles. The van der Waals surface area contributed by atoms with E-state index in [9.17, 15) is 4.79 Å². The fourth-order valence-corrected chi connectivity index (χ4v) is 1.71. The van der Waals surface area contributed by atoms with E-state index in [1.165, 1.54) is 6.07 Å². The van der Waals surface area contributed by atoms with Crippen LogP contribution >= 0.6 is 23.2 Å². The Bertz CT molecular complexity index is 534. The topological polar surface area (TPSA) is 59.9 Å². The number of aliphatic imine (C=N–C) groups is 1. The first-order valence-corrected chi connectivity index (χ1v) is 7.62. The zero-order valence-electron chi connectivity index (χ0n) is 12.9. The second kappa shape index (κ2) is 9.66. The molecule has 0 spiro atoms. The average molecular weight is 347 g/mol. The van der Waals surface area contributed by atoms with Gasteiger partial charge in [-0.25, -0.2) is 4.99 Å². The summed E-state index contributed by atoms with van der Waals surface area (Å²) in [6.07, 6.45) is 0. The lowest BCUT2D eigenvalue weighted by molar-refractivity contribution is 0.0963. The molecule has 0 fully saturated rings. The first kappa shape index (κ1) is 18.7. The van der Waals surface area contributed by atoms with Crippen molar-refractivity contribution in [2.45, 2.75) is 13.8 Å². The number of nitrogens with zero attached hydrogens (tertiary/aromatic N) is 1. The van der Waals surface area contributed by atoms with Gasteiger partial charge in [-0.15, -0.1) is 0 Å². The van der Waals surface area contributed by atoms with Crippen molar-refractivity contribution in [2.24, 2.45) is 10.9 Å². The number of rotatable bonds is 6. The molecule has 0 aliphatic rings. The SMILES string of the molecule is COCCN=C(NC(=O)c1ccc(Cl)c(Cl)c1)OCC(C)C. The molecule has 1 N–H and O–H groups in total. The van der Waals surface area contributed by atoms with Crippen LogP contribution in [0.2, 0.25) is 10.0 Å². The molecule has 1 amide bonds. The molecular formula is C15H20Cl2N2O3. The minimum absolute atomic E-state index is 0.168. The summed E-state index contributed by atoms with van der Waals surface area (Å²) in [5.74, 6) is -0.0482. The highest BCUT2D eigenvalue weighted by atomic mass is 35.5. The van der Waals surface area contributed by atoms with E-state index in [1.807, 2.05) is 13.8 Å². The van der Waals surface area contributed by atoms with Gasteiger partial charge in [0.1, 0.15) is 0 Å². The lowest BCUT2D eigenvalue weighted by atomic mass is 10.2. The molecule has 0 aromatic heterocycles. The Hall–Kier alpha value is -1.30. The van der Waals surface area contributed by atoms with Crippen molar-refractivity contribution in [3.8, 4) is 0 Å². The number of halogens is 2. The van der Waals surface area contributed by atoms with Gasteiger partial charge in [0.15, 0.2) is 0 Å². The smallest absolute Gasteiger partial charge is 0.291 e. The number of methoxy groups -OCH3 is 1. The zero-order valence-corrected chi connectivity index (χ0v) is 14.4. The monoisotopic (exact) mass is 346 g/mol. The molecule has 0 aliphatic carbocycles. The van der Waals surface area contributed by atoms with Gasteiger partial charge in [0, 0.05) is 12.7 Å².